The summed E-state index contributed by atoms with van der Waals surface area (Å²) < 4.78 is 6.07. The molecule has 0 radical (unpaired) electrons. The molecule has 0 aliphatic rings. The van der Waals surface area contributed by atoms with Crippen molar-refractivity contribution in [1.82, 2.24) is 15.2 Å². The third kappa shape index (κ3) is 4.13. The predicted octanol–water partition coefficient (Wildman–Crippen LogP) is 3.60. The van der Waals surface area contributed by atoms with Crippen molar-refractivity contribution in [2.75, 3.05) is 5.32 Å². The van der Waals surface area contributed by atoms with Gasteiger partial charge in [-0.05, 0) is 31.2 Å². The number of rotatable bonds is 7. The smallest absolute Gasteiger partial charge is 0.267 e. The molecule has 2 rings (SSSR count). The quantitative estimate of drug-likeness (QED) is 0.813. The predicted molar refractivity (Wildman–Crippen MR) is 94.2 cm³/mol. The molecule has 2 aromatic rings. The summed E-state index contributed by atoms with van der Waals surface area (Å²) >= 11 is 0. The number of aryl methyl sites for hydroxylation is 1. The lowest BCUT2D eigenvalue weighted by Gasteiger charge is -2.28. The van der Waals surface area contributed by atoms with Crippen LogP contribution in [0.1, 0.15) is 51.7 Å². The molecule has 1 aromatic heterocycles. The molecule has 1 amide bonds. The van der Waals surface area contributed by atoms with E-state index in [-0.39, 0.29) is 11.3 Å². The van der Waals surface area contributed by atoms with Gasteiger partial charge in [-0.15, -0.1) is 0 Å². The van der Waals surface area contributed by atoms with E-state index >= 15 is 0 Å². The number of aromatic nitrogens is 3. The molecule has 0 aliphatic heterocycles. The second kappa shape index (κ2) is 7.47. The Kier molecular flexibility index (Phi) is 5.59. The molecule has 6 heteroatoms. The van der Waals surface area contributed by atoms with E-state index in [1.165, 1.54) is 11.9 Å². The lowest BCUT2D eigenvalue weighted by molar-refractivity contribution is -0.122. The number of ether oxygens (including phenoxy) is 1. The van der Waals surface area contributed by atoms with Crippen molar-refractivity contribution in [3.8, 4) is 5.75 Å². The number of carbonyl (C=O) groups is 1. The SMILES string of the molecule is CCC(Oc1ccc(C)cc1C(C)(C)CC)C(=O)Nc1ncn[nH]1. The molecule has 0 bridgehead atoms. The van der Waals surface area contributed by atoms with Gasteiger partial charge in [0.2, 0.25) is 5.95 Å². The maximum Gasteiger partial charge on any atom is 0.267 e. The molecule has 0 fully saturated rings. The lowest BCUT2D eigenvalue weighted by Crippen LogP contribution is -2.33. The molecule has 0 saturated carbocycles. The fourth-order valence-corrected chi connectivity index (χ4v) is 2.40. The molecule has 1 unspecified atom stereocenters. The highest BCUT2D eigenvalue weighted by molar-refractivity contribution is 5.92. The standard InChI is InChI=1S/C18H26N4O2/c1-6-14(16(23)21-17-19-11-20-22-17)24-15-9-8-12(3)10-13(15)18(4,5)7-2/h8-11,14H,6-7H2,1-5H3,(H2,19,20,21,22,23). The molecule has 0 saturated heterocycles. The second-order valence-corrected chi connectivity index (χ2v) is 6.58. The van der Waals surface area contributed by atoms with E-state index in [4.69, 9.17) is 4.74 Å². The van der Waals surface area contributed by atoms with E-state index in [0.29, 0.717) is 12.4 Å². The third-order valence-corrected chi connectivity index (χ3v) is 4.34. The van der Waals surface area contributed by atoms with Gasteiger partial charge in [0.15, 0.2) is 6.10 Å². The highest BCUT2D eigenvalue weighted by Crippen LogP contribution is 2.35. The van der Waals surface area contributed by atoms with E-state index in [2.05, 4.69) is 54.3 Å². The second-order valence-electron chi connectivity index (χ2n) is 6.58. The Morgan fingerprint density at radius 1 is 1.38 bits per heavy atom. The first-order valence-corrected chi connectivity index (χ1v) is 8.31. The summed E-state index contributed by atoms with van der Waals surface area (Å²) in [6.07, 6.45) is 2.29. The maximum atomic E-state index is 12.4. The Hall–Kier alpha value is -2.37. The van der Waals surface area contributed by atoms with Crippen LogP contribution in [-0.4, -0.2) is 27.2 Å². The highest BCUT2D eigenvalue weighted by atomic mass is 16.5. The van der Waals surface area contributed by atoms with Gasteiger partial charge in [-0.2, -0.15) is 10.1 Å². The van der Waals surface area contributed by atoms with Crippen LogP contribution < -0.4 is 10.1 Å². The van der Waals surface area contributed by atoms with Crippen LogP contribution in [0.5, 0.6) is 5.75 Å². The molecule has 1 aromatic carbocycles. The van der Waals surface area contributed by atoms with Gasteiger partial charge >= 0.3 is 0 Å². The average molecular weight is 330 g/mol. The maximum absolute atomic E-state index is 12.4. The fraction of sp³-hybridized carbons (Fsp3) is 0.500. The minimum Gasteiger partial charge on any atom is -0.480 e. The van der Waals surface area contributed by atoms with Gasteiger partial charge in [0.05, 0.1) is 0 Å². The lowest BCUT2D eigenvalue weighted by atomic mass is 9.81. The zero-order valence-electron chi connectivity index (χ0n) is 15.0. The molecular formula is C18H26N4O2. The number of nitrogens with one attached hydrogen (secondary N) is 2. The Labute approximate surface area is 143 Å². The molecule has 130 valence electrons. The van der Waals surface area contributed by atoms with Crippen LogP contribution in [-0.2, 0) is 10.2 Å². The summed E-state index contributed by atoms with van der Waals surface area (Å²) in [7, 11) is 0. The summed E-state index contributed by atoms with van der Waals surface area (Å²) in [4.78, 5) is 16.3. The first-order valence-electron chi connectivity index (χ1n) is 8.31. The van der Waals surface area contributed by atoms with Gasteiger partial charge in [0.25, 0.3) is 5.91 Å². The molecule has 24 heavy (non-hydrogen) atoms. The first-order chi connectivity index (χ1) is 11.4. The van der Waals surface area contributed by atoms with E-state index < -0.39 is 6.10 Å². The molecule has 6 nitrogen and oxygen atoms in total. The van der Waals surface area contributed by atoms with Crippen LogP contribution >= 0.6 is 0 Å². The van der Waals surface area contributed by atoms with Gasteiger partial charge in [0.1, 0.15) is 12.1 Å². The first kappa shape index (κ1) is 18.0. The number of hydrogen-bond donors (Lipinski definition) is 2. The van der Waals surface area contributed by atoms with Crippen molar-refractivity contribution in [2.45, 2.75) is 59.0 Å². The molecule has 1 atom stereocenters. The zero-order chi connectivity index (χ0) is 17.7. The van der Waals surface area contributed by atoms with Crippen molar-refractivity contribution < 1.29 is 9.53 Å². The number of carbonyl (C=O) groups excluding carboxylic acids is 1. The number of nitrogens with zero attached hydrogens (tertiary/aromatic N) is 2. The van der Waals surface area contributed by atoms with E-state index in [9.17, 15) is 4.79 Å². The number of hydrogen-bond acceptors (Lipinski definition) is 4. The van der Waals surface area contributed by atoms with Crippen LogP contribution in [0.3, 0.4) is 0 Å². The highest BCUT2D eigenvalue weighted by Gasteiger charge is 2.26. The Morgan fingerprint density at radius 2 is 2.12 bits per heavy atom. The number of amides is 1. The van der Waals surface area contributed by atoms with Crippen LogP contribution in [0.2, 0.25) is 0 Å². The van der Waals surface area contributed by atoms with E-state index in [0.717, 1.165) is 17.7 Å². The van der Waals surface area contributed by atoms with E-state index in [1.807, 2.05) is 19.1 Å². The monoisotopic (exact) mass is 330 g/mol. The Morgan fingerprint density at radius 3 is 2.71 bits per heavy atom. The number of H-pyrrole nitrogens is 1. The summed E-state index contributed by atoms with van der Waals surface area (Å²) in [5.41, 5.74) is 2.27. The minimum absolute atomic E-state index is 0.0267. The van der Waals surface area contributed by atoms with Crippen LogP contribution in [0.15, 0.2) is 24.5 Å². The molecular weight excluding hydrogens is 304 g/mol. The summed E-state index contributed by atoms with van der Waals surface area (Å²) in [6.45, 7) is 10.5. The largest absolute Gasteiger partial charge is 0.480 e. The van der Waals surface area contributed by atoms with Gasteiger partial charge < -0.3 is 4.74 Å². The van der Waals surface area contributed by atoms with Crippen molar-refractivity contribution in [3.05, 3.63) is 35.7 Å². The minimum atomic E-state index is -0.593. The van der Waals surface area contributed by atoms with Crippen molar-refractivity contribution >= 4 is 11.9 Å². The van der Waals surface area contributed by atoms with Crippen molar-refractivity contribution in [1.29, 1.82) is 0 Å². The third-order valence-electron chi connectivity index (χ3n) is 4.34. The van der Waals surface area contributed by atoms with Crippen molar-refractivity contribution in [3.63, 3.8) is 0 Å². The normalized spacial score (nSPS) is 12.7. The van der Waals surface area contributed by atoms with Gasteiger partial charge in [-0.1, -0.05) is 45.4 Å². The van der Waals surface area contributed by atoms with Gasteiger partial charge in [-0.25, -0.2) is 5.10 Å². The van der Waals surface area contributed by atoms with E-state index in [1.54, 1.807) is 0 Å². The molecule has 0 spiro atoms. The van der Waals surface area contributed by atoms with Crippen molar-refractivity contribution in [2.24, 2.45) is 0 Å². The number of anilines is 1. The summed E-state index contributed by atoms with van der Waals surface area (Å²) in [5, 5.41) is 9.02. The zero-order valence-corrected chi connectivity index (χ0v) is 15.0. The molecule has 2 N–H and O–H groups in total. The van der Waals surface area contributed by atoms with Gasteiger partial charge in [0, 0.05) is 5.56 Å². The topological polar surface area (TPSA) is 79.9 Å². The number of benzene rings is 1. The Bertz CT molecular complexity index is 680. The number of aromatic amines is 1. The van der Waals surface area contributed by atoms with Gasteiger partial charge in [-0.3, -0.25) is 10.1 Å². The average Bonchev–Trinajstić information content (AvgIpc) is 3.06. The molecule has 1 heterocycles. The fourth-order valence-electron chi connectivity index (χ4n) is 2.40. The Balaban J connectivity index is 2.23. The molecule has 0 aliphatic carbocycles. The summed E-state index contributed by atoms with van der Waals surface area (Å²) in [5.74, 6) is 0.835. The van der Waals surface area contributed by atoms with Crippen LogP contribution in [0.25, 0.3) is 0 Å². The van der Waals surface area contributed by atoms with Crippen LogP contribution in [0.4, 0.5) is 5.95 Å². The van der Waals surface area contributed by atoms with Crippen LogP contribution in [0, 0.1) is 6.92 Å². The summed E-state index contributed by atoms with van der Waals surface area (Å²) in [6, 6.07) is 6.10.